The van der Waals surface area contributed by atoms with Gasteiger partial charge in [-0.05, 0) is 43.0 Å². The molecule has 1 aromatic heterocycles. The van der Waals surface area contributed by atoms with Crippen LogP contribution in [0.15, 0.2) is 18.2 Å². The number of amides is 1. The van der Waals surface area contributed by atoms with Crippen LogP contribution in [0.25, 0.3) is 10.9 Å². The highest BCUT2D eigenvalue weighted by atomic mass is 16.1. The minimum absolute atomic E-state index is 0.0863. The number of aromatic amines is 1. The Morgan fingerprint density at radius 2 is 2.24 bits per heavy atom. The number of nitrogens with two attached hydrogens (primary N) is 2. The zero-order valence-electron chi connectivity index (χ0n) is 9.49. The van der Waals surface area contributed by atoms with Gasteiger partial charge in [-0.1, -0.05) is 0 Å². The van der Waals surface area contributed by atoms with Crippen molar-refractivity contribution in [1.29, 1.82) is 0 Å². The van der Waals surface area contributed by atoms with E-state index in [1.807, 2.05) is 12.1 Å². The predicted octanol–water partition coefficient (Wildman–Crippen LogP) is 1.60. The van der Waals surface area contributed by atoms with Crippen LogP contribution in [0.4, 0.5) is 0 Å². The number of nitrogens with one attached hydrogen (secondary N) is 1. The molecule has 1 unspecified atom stereocenters. The Morgan fingerprint density at radius 3 is 3.00 bits per heavy atom. The smallest absolute Gasteiger partial charge is 0.248 e. The number of hydrogen-bond acceptors (Lipinski definition) is 2. The summed E-state index contributed by atoms with van der Waals surface area (Å²) in [5.74, 6) is -0.387. The summed E-state index contributed by atoms with van der Waals surface area (Å²) in [5, 5.41) is 1.09. The molecule has 1 aliphatic rings. The van der Waals surface area contributed by atoms with E-state index in [4.69, 9.17) is 11.5 Å². The second kappa shape index (κ2) is 3.60. The van der Waals surface area contributed by atoms with Crippen molar-refractivity contribution in [1.82, 2.24) is 4.98 Å². The molecule has 4 heteroatoms. The van der Waals surface area contributed by atoms with Gasteiger partial charge in [0, 0.05) is 28.2 Å². The molecule has 1 amide bonds. The highest BCUT2D eigenvalue weighted by Crippen LogP contribution is 2.33. The number of aryl methyl sites for hydroxylation is 1. The number of rotatable bonds is 1. The first kappa shape index (κ1) is 10.4. The molecule has 0 saturated heterocycles. The van der Waals surface area contributed by atoms with Gasteiger partial charge in [-0.25, -0.2) is 0 Å². The summed E-state index contributed by atoms with van der Waals surface area (Å²) >= 11 is 0. The molecular weight excluding hydrogens is 214 g/mol. The van der Waals surface area contributed by atoms with Crippen LogP contribution in [0.1, 0.15) is 40.5 Å². The third kappa shape index (κ3) is 1.52. The first-order chi connectivity index (χ1) is 8.16. The lowest BCUT2D eigenvalue weighted by atomic mass is 9.92. The van der Waals surface area contributed by atoms with Gasteiger partial charge in [0.1, 0.15) is 0 Å². The van der Waals surface area contributed by atoms with Gasteiger partial charge in [-0.3, -0.25) is 4.79 Å². The third-order valence-electron chi connectivity index (χ3n) is 3.54. The Bertz CT molecular complexity index is 600. The van der Waals surface area contributed by atoms with Crippen LogP contribution in [0.5, 0.6) is 0 Å². The van der Waals surface area contributed by atoms with E-state index in [-0.39, 0.29) is 11.9 Å². The number of aromatic nitrogens is 1. The van der Waals surface area contributed by atoms with Crippen LogP contribution in [0.2, 0.25) is 0 Å². The van der Waals surface area contributed by atoms with E-state index in [1.54, 1.807) is 6.07 Å². The zero-order valence-corrected chi connectivity index (χ0v) is 9.49. The number of H-pyrrole nitrogens is 1. The van der Waals surface area contributed by atoms with Crippen molar-refractivity contribution in [2.75, 3.05) is 0 Å². The molecule has 1 heterocycles. The Morgan fingerprint density at radius 1 is 1.41 bits per heavy atom. The summed E-state index contributed by atoms with van der Waals surface area (Å²) in [7, 11) is 0. The SMILES string of the molecule is NC(=O)c1ccc2[nH]c3c(c2c1)CCCC3N. The molecule has 0 aliphatic heterocycles. The summed E-state index contributed by atoms with van der Waals surface area (Å²) in [4.78, 5) is 14.5. The molecule has 17 heavy (non-hydrogen) atoms. The standard InChI is InChI=1S/C13H15N3O/c14-10-3-1-2-8-9-6-7(13(15)17)4-5-11(9)16-12(8)10/h4-6,10,16H,1-3,14H2,(H2,15,17). The van der Waals surface area contributed by atoms with E-state index in [2.05, 4.69) is 4.98 Å². The molecule has 0 fully saturated rings. The van der Waals surface area contributed by atoms with Crippen molar-refractivity contribution in [2.45, 2.75) is 25.3 Å². The van der Waals surface area contributed by atoms with Gasteiger partial charge in [0.05, 0.1) is 0 Å². The van der Waals surface area contributed by atoms with E-state index >= 15 is 0 Å². The number of carbonyl (C=O) groups is 1. The van der Waals surface area contributed by atoms with Gasteiger partial charge in [-0.15, -0.1) is 0 Å². The van der Waals surface area contributed by atoms with Crippen molar-refractivity contribution in [3.8, 4) is 0 Å². The monoisotopic (exact) mass is 229 g/mol. The van der Waals surface area contributed by atoms with E-state index in [0.717, 1.165) is 35.9 Å². The van der Waals surface area contributed by atoms with Crippen LogP contribution < -0.4 is 11.5 Å². The highest BCUT2D eigenvalue weighted by molar-refractivity contribution is 5.98. The highest BCUT2D eigenvalue weighted by Gasteiger charge is 2.21. The van der Waals surface area contributed by atoms with Gasteiger partial charge in [0.15, 0.2) is 0 Å². The molecule has 1 aromatic carbocycles. The second-order valence-electron chi connectivity index (χ2n) is 4.64. The molecule has 0 bridgehead atoms. The minimum atomic E-state index is -0.387. The van der Waals surface area contributed by atoms with Gasteiger partial charge < -0.3 is 16.5 Å². The molecular formula is C13H15N3O. The van der Waals surface area contributed by atoms with Crippen molar-refractivity contribution in [3.63, 3.8) is 0 Å². The van der Waals surface area contributed by atoms with E-state index in [0.29, 0.717) is 5.56 Å². The van der Waals surface area contributed by atoms with Crippen LogP contribution in [0.3, 0.4) is 0 Å². The molecule has 0 spiro atoms. The van der Waals surface area contributed by atoms with E-state index in [9.17, 15) is 4.79 Å². The van der Waals surface area contributed by atoms with Crippen molar-refractivity contribution >= 4 is 16.8 Å². The maximum atomic E-state index is 11.2. The lowest BCUT2D eigenvalue weighted by molar-refractivity contribution is 0.100. The molecule has 1 aliphatic carbocycles. The first-order valence-corrected chi connectivity index (χ1v) is 5.86. The quantitative estimate of drug-likeness (QED) is 0.693. The molecule has 0 saturated carbocycles. The number of benzene rings is 1. The zero-order chi connectivity index (χ0) is 12.0. The summed E-state index contributed by atoms with van der Waals surface area (Å²) in [6.07, 6.45) is 3.13. The summed E-state index contributed by atoms with van der Waals surface area (Å²) in [5.41, 5.74) is 15.4. The fraction of sp³-hybridized carbons (Fsp3) is 0.308. The molecule has 1 atom stereocenters. The van der Waals surface area contributed by atoms with Gasteiger partial charge in [0.25, 0.3) is 0 Å². The fourth-order valence-corrected chi connectivity index (χ4v) is 2.65. The topological polar surface area (TPSA) is 84.9 Å². The first-order valence-electron chi connectivity index (χ1n) is 5.86. The molecule has 88 valence electrons. The Labute approximate surface area is 99.0 Å². The average Bonchev–Trinajstić information content (AvgIpc) is 2.68. The molecule has 2 aromatic rings. The van der Waals surface area contributed by atoms with Crippen molar-refractivity contribution < 1.29 is 4.79 Å². The largest absolute Gasteiger partial charge is 0.366 e. The summed E-state index contributed by atoms with van der Waals surface area (Å²) in [6.45, 7) is 0. The maximum Gasteiger partial charge on any atom is 0.248 e. The van der Waals surface area contributed by atoms with Crippen molar-refractivity contribution in [3.05, 3.63) is 35.0 Å². The van der Waals surface area contributed by atoms with Crippen LogP contribution >= 0.6 is 0 Å². The maximum absolute atomic E-state index is 11.2. The minimum Gasteiger partial charge on any atom is -0.366 e. The second-order valence-corrected chi connectivity index (χ2v) is 4.64. The fourth-order valence-electron chi connectivity index (χ4n) is 2.65. The van der Waals surface area contributed by atoms with Gasteiger partial charge >= 0.3 is 0 Å². The number of primary amides is 1. The van der Waals surface area contributed by atoms with Gasteiger partial charge in [0.2, 0.25) is 5.91 Å². The predicted molar refractivity (Wildman–Crippen MR) is 66.7 cm³/mol. The lowest BCUT2D eigenvalue weighted by Gasteiger charge is -2.18. The number of hydrogen-bond donors (Lipinski definition) is 3. The van der Waals surface area contributed by atoms with Gasteiger partial charge in [-0.2, -0.15) is 0 Å². The van der Waals surface area contributed by atoms with Crippen LogP contribution in [0, 0.1) is 0 Å². The summed E-state index contributed by atoms with van der Waals surface area (Å²) in [6, 6.07) is 5.60. The van der Waals surface area contributed by atoms with Crippen LogP contribution in [-0.4, -0.2) is 10.9 Å². The Kier molecular flexibility index (Phi) is 2.19. The van der Waals surface area contributed by atoms with Crippen LogP contribution in [-0.2, 0) is 6.42 Å². The normalized spacial score (nSPS) is 19.2. The lowest BCUT2D eigenvalue weighted by Crippen LogP contribution is -2.16. The third-order valence-corrected chi connectivity index (χ3v) is 3.54. The molecule has 0 radical (unpaired) electrons. The van der Waals surface area contributed by atoms with Crippen molar-refractivity contribution in [2.24, 2.45) is 11.5 Å². The molecule has 3 rings (SSSR count). The number of carbonyl (C=O) groups excluding carboxylic acids is 1. The van der Waals surface area contributed by atoms with E-state index in [1.165, 1.54) is 5.56 Å². The Hall–Kier alpha value is -1.81. The number of fused-ring (bicyclic) bond motifs is 3. The van der Waals surface area contributed by atoms with E-state index < -0.39 is 0 Å². The average molecular weight is 229 g/mol. The Balaban J connectivity index is 2.25. The summed E-state index contributed by atoms with van der Waals surface area (Å²) < 4.78 is 0. The molecule has 5 N–H and O–H groups in total. The molecule has 4 nitrogen and oxygen atoms in total.